The van der Waals surface area contributed by atoms with Gasteiger partial charge >= 0.3 is 6.18 Å². The minimum absolute atomic E-state index is 0.124. The molecule has 2 nitrogen and oxygen atoms in total. The molecule has 0 radical (unpaired) electrons. The molecule has 0 aliphatic carbocycles. The van der Waals surface area contributed by atoms with Crippen LogP contribution in [0.2, 0.25) is 0 Å². The van der Waals surface area contributed by atoms with Crippen LogP contribution in [0, 0.1) is 0 Å². The van der Waals surface area contributed by atoms with E-state index in [9.17, 15) is 13.2 Å². The van der Waals surface area contributed by atoms with Gasteiger partial charge in [-0.2, -0.15) is 13.2 Å². The van der Waals surface area contributed by atoms with E-state index in [1.54, 1.807) is 6.07 Å². The van der Waals surface area contributed by atoms with Gasteiger partial charge in [0.05, 0.1) is 12.7 Å². The highest BCUT2D eigenvalue weighted by Crippen LogP contribution is 2.39. The highest BCUT2D eigenvalue weighted by molar-refractivity contribution is 5.69. The van der Waals surface area contributed by atoms with Crippen LogP contribution in [0.3, 0.4) is 0 Å². The second-order valence-electron chi connectivity index (χ2n) is 5.71. The second kappa shape index (κ2) is 5.37. The molecule has 5 heteroatoms. The summed E-state index contributed by atoms with van der Waals surface area (Å²) >= 11 is 0. The summed E-state index contributed by atoms with van der Waals surface area (Å²) in [5.41, 5.74) is 0.963. The summed E-state index contributed by atoms with van der Waals surface area (Å²) in [5.74, 6) is -0.124. The van der Waals surface area contributed by atoms with Crippen LogP contribution in [0.15, 0.2) is 24.3 Å². The minimum atomic E-state index is -4.40. The fraction of sp³-hybridized carbons (Fsp3) is 0.500. The van der Waals surface area contributed by atoms with Crippen LogP contribution >= 0.6 is 0 Å². The van der Waals surface area contributed by atoms with Gasteiger partial charge in [0.15, 0.2) is 0 Å². The van der Waals surface area contributed by atoms with E-state index in [2.05, 4.69) is 11.4 Å². The van der Waals surface area contributed by atoms with Gasteiger partial charge in [-0.25, -0.2) is 0 Å². The van der Waals surface area contributed by atoms with Gasteiger partial charge in [0.2, 0.25) is 0 Å². The summed E-state index contributed by atoms with van der Waals surface area (Å²) in [7, 11) is 1.26. The third-order valence-corrected chi connectivity index (χ3v) is 4.26. The van der Waals surface area contributed by atoms with Crippen LogP contribution < -0.4 is 10.1 Å². The average molecular weight is 297 g/mol. The van der Waals surface area contributed by atoms with Gasteiger partial charge in [-0.3, -0.25) is 0 Å². The Balaban J connectivity index is 1.98. The molecule has 1 aromatic carbocycles. The molecule has 2 heterocycles. The van der Waals surface area contributed by atoms with E-state index in [1.807, 2.05) is 0 Å². The lowest BCUT2D eigenvalue weighted by Gasteiger charge is -2.35. The third kappa shape index (κ3) is 2.93. The topological polar surface area (TPSA) is 21.3 Å². The molecule has 0 spiro atoms. The maximum absolute atomic E-state index is 13.1. The van der Waals surface area contributed by atoms with Gasteiger partial charge in [0.25, 0.3) is 0 Å². The van der Waals surface area contributed by atoms with Crippen molar-refractivity contribution >= 4 is 5.57 Å². The van der Waals surface area contributed by atoms with Crippen molar-refractivity contribution in [1.82, 2.24) is 5.32 Å². The van der Waals surface area contributed by atoms with E-state index in [4.69, 9.17) is 4.74 Å². The molecule has 114 valence electrons. The van der Waals surface area contributed by atoms with Gasteiger partial charge in [-0.15, -0.1) is 0 Å². The zero-order valence-electron chi connectivity index (χ0n) is 11.8. The first kappa shape index (κ1) is 14.4. The van der Waals surface area contributed by atoms with E-state index < -0.39 is 11.7 Å². The smallest absolute Gasteiger partial charge is 0.419 e. The second-order valence-corrected chi connectivity index (χ2v) is 5.71. The number of hydrogen-bond donors (Lipinski definition) is 1. The van der Waals surface area contributed by atoms with E-state index in [0.29, 0.717) is 17.6 Å². The minimum Gasteiger partial charge on any atom is -0.496 e. The lowest BCUT2D eigenvalue weighted by molar-refractivity contribution is -0.138. The quantitative estimate of drug-likeness (QED) is 0.890. The molecular weight excluding hydrogens is 279 g/mol. The van der Waals surface area contributed by atoms with E-state index in [0.717, 1.165) is 24.8 Å². The molecule has 0 aromatic heterocycles. The standard InChI is InChI=1S/C16H18F3NO/c1-21-15-6-5-10(9-14(15)16(17,18)19)11-7-12-3-2-4-13(8-11)20-12/h5-7,9,12-13,20H,2-4,8H2,1H3. The van der Waals surface area contributed by atoms with Crippen molar-refractivity contribution in [2.45, 2.75) is 43.9 Å². The number of fused-ring (bicyclic) bond motifs is 2. The summed E-state index contributed by atoms with van der Waals surface area (Å²) in [4.78, 5) is 0. The molecule has 3 rings (SSSR count). The number of hydrogen-bond acceptors (Lipinski definition) is 2. The number of benzene rings is 1. The predicted molar refractivity (Wildman–Crippen MR) is 75.2 cm³/mol. The average Bonchev–Trinajstić information content (AvgIpc) is 2.45. The van der Waals surface area contributed by atoms with Crippen LogP contribution in [0.5, 0.6) is 5.75 Å². The van der Waals surface area contributed by atoms with E-state index in [-0.39, 0.29) is 5.75 Å². The molecule has 2 unspecified atom stereocenters. The van der Waals surface area contributed by atoms with Gasteiger partial charge in [-0.1, -0.05) is 18.6 Å². The molecule has 1 aromatic rings. The highest BCUT2D eigenvalue weighted by atomic mass is 19.4. The van der Waals surface area contributed by atoms with Crippen molar-refractivity contribution in [2.24, 2.45) is 0 Å². The van der Waals surface area contributed by atoms with Crippen molar-refractivity contribution < 1.29 is 17.9 Å². The van der Waals surface area contributed by atoms with E-state index in [1.165, 1.54) is 25.7 Å². The summed E-state index contributed by atoms with van der Waals surface area (Å²) < 4.78 is 44.1. The van der Waals surface area contributed by atoms with Crippen LogP contribution in [0.25, 0.3) is 5.57 Å². The van der Waals surface area contributed by atoms with Crippen LogP contribution in [-0.4, -0.2) is 19.2 Å². The molecule has 2 aliphatic heterocycles. The zero-order valence-corrected chi connectivity index (χ0v) is 11.8. The highest BCUT2D eigenvalue weighted by Gasteiger charge is 2.35. The molecule has 21 heavy (non-hydrogen) atoms. The Morgan fingerprint density at radius 2 is 2.05 bits per heavy atom. The lowest BCUT2D eigenvalue weighted by atomic mass is 9.84. The number of alkyl halides is 3. The van der Waals surface area contributed by atoms with Crippen molar-refractivity contribution in [1.29, 1.82) is 0 Å². The number of halogens is 3. The number of rotatable bonds is 2. The first-order valence-corrected chi connectivity index (χ1v) is 7.20. The van der Waals surface area contributed by atoms with Crippen molar-refractivity contribution in [3.8, 4) is 5.75 Å². The largest absolute Gasteiger partial charge is 0.496 e. The molecule has 0 saturated carbocycles. The fourth-order valence-electron chi connectivity index (χ4n) is 3.27. The van der Waals surface area contributed by atoms with Crippen molar-refractivity contribution in [2.75, 3.05) is 7.11 Å². The Kier molecular flexibility index (Phi) is 3.69. The third-order valence-electron chi connectivity index (χ3n) is 4.26. The molecular formula is C16H18F3NO. The molecule has 2 atom stereocenters. The maximum Gasteiger partial charge on any atom is 0.419 e. The molecule has 1 N–H and O–H groups in total. The van der Waals surface area contributed by atoms with Crippen LogP contribution in [0.4, 0.5) is 13.2 Å². The van der Waals surface area contributed by atoms with Crippen LogP contribution in [0.1, 0.15) is 36.8 Å². The molecule has 2 aliphatic rings. The first-order valence-electron chi connectivity index (χ1n) is 7.20. The molecule has 2 bridgehead atoms. The summed E-state index contributed by atoms with van der Waals surface area (Å²) in [6.07, 6.45) is 1.81. The Labute approximate surface area is 122 Å². The summed E-state index contributed by atoms with van der Waals surface area (Å²) in [6.45, 7) is 0. The number of ether oxygens (including phenoxy) is 1. The molecule has 1 saturated heterocycles. The monoisotopic (exact) mass is 297 g/mol. The predicted octanol–water partition coefficient (Wildman–Crippen LogP) is 4.01. The van der Waals surface area contributed by atoms with E-state index >= 15 is 0 Å². The summed E-state index contributed by atoms with van der Waals surface area (Å²) in [6, 6.07) is 5.04. The van der Waals surface area contributed by atoms with Crippen LogP contribution in [-0.2, 0) is 6.18 Å². The Bertz CT molecular complexity index is 565. The number of piperidine rings is 1. The Morgan fingerprint density at radius 3 is 2.71 bits per heavy atom. The summed E-state index contributed by atoms with van der Waals surface area (Å²) in [5, 5.41) is 3.50. The molecule has 1 fully saturated rings. The van der Waals surface area contributed by atoms with Gasteiger partial charge < -0.3 is 10.1 Å². The first-order chi connectivity index (χ1) is 9.97. The Hall–Kier alpha value is -1.49. The van der Waals surface area contributed by atoms with Gasteiger partial charge in [-0.05, 0) is 42.5 Å². The van der Waals surface area contributed by atoms with Crippen molar-refractivity contribution in [3.05, 3.63) is 35.4 Å². The normalized spacial score (nSPS) is 25.4. The number of nitrogens with one attached hydrogen (secondary N) is 1. The van der Waals surface area contributed by atoms with Gasteiger partial charge in [0.1, 0.15) is 5.75 Å². The number of methoxy groups -OCH3 is 1. The fourth-order valence-corrected chi connectivity index (χ4v) is 3.27. The van der Waals surface area contributed by atoms with Crippen molar-refractivity contribution in [3.63, 3.8) is 0 Å². The molecule has 0 amide bonds. The van der Waals surface area contributed by atoms with Gasteiger partial charge in [0, 0.05) is 12.1 Å². The lowest BCUT2D eigenvalue weighted by Crippen LogP contribution is -2.44. The Morgan fingerprint density at radius 1 is 1.24 bits per heavy atom. The SMILES string of the molecule is COc1ccc(C2=CC3CCCC(C2)N3)cc1C(F)(F)F. The maximum atomic E-state index is 13.1. The zero-order chi connectivity index (χ0) is 15.0.